The Bertz CT molecular complexity index is 301. The molecule has 0 aliphatic carbocycles. The molecule has 0 bridgehead atoms. The SMILES string of the molecule is CC(C)(C)OC(=O)N1CCC(O)C(CCCCCO)C1. The summed E-state index contributed by atoms with van der Waals surface area (Å²) in [4.78, 5) is 13.7. The van der Waals surface area contributed by atoms with Crippen LogP contribution >= 0.6 is 0 Å². The molecule has 1 heterocycles. The van der Waals surface area contributed by atoms with Crippen molar-refractivity contribution in [2.45, 2.75) is 64.6 Å². The highest BCUT2D eigenvalue weighted by molar-refractivity contribution is 5.68. The van der Waals surface area contributed by atoms with Crippen LogP contribution in [0.2, 0.25) is 0 Å². The van der Waals surface area contributed by atoms with Gasteiger partial charge in [0.25, 0.3) is 0 Å². The molecule has 0 radical (unpaired) electrons. The second-order valence-corrected chi connectivity index (χ2v) is 6.62. The number of carbonyl (C=O) groups excluding carboxylic acids is 1. The Balaban J connectivity index is 2.42. The Morgan fingerprint density at radius 2 is 2.00 bits per heavy atom. The minimum Gasteiger partial charge on any atom is -0.444 e. The number of rotatable bonds is 5. The summed E-state index contributed by atoms with van der Waals surface area (Å²) in [7, 11) is 0. The van der Waals surface area contributed by atoms with Gasteiger partial charge in [-0.3, -0.25) is 0 Å². The van der Waals surface area contributed by atoms with Crippen molar-refractivity contribution in [3.63, 3.8) is 0 Å². The number of hydrogen-bond donors (Lipinski definition) is 2. The highest BCUT2D eigenvalue weighted by Gasteiger charge is 2.32. The molecule has 1 aliphatic rings. The number of unbranched alkanes of at least 4 members (excludes halogenated alkanes) is 2. The highest BCUT2D eigenvalue weighted by atomic mass is 16.6. The number of hydrogen-bond acceptors (Lipinski definition) is 4. The summed E-state index contributed by atoms with van der Waals surface area (Å²) in [5.41, 5.74) is -0.482. The summed E-state index contributed by atoms with van der Waals surface area (Å²) >= 11 is 0. The summed E-state index contributed by atoms with van der Waals surface area (Å²) in [5, 5.41) is 18.8. The minimum atomic E-state index is -0.482. The van der Waals surface area contributed by atoms with Crippen LogP contribution in [-0.4, -0.2) is 52.6 Å². The van der Waals surface area contributed by atoms with E-state index in [9.17, 15) is 9.90 Å². The average Bonchev–Trinajstić information content (AvgIpc) is 2.34. The van der Waals surface area contributed by atoms with Crippen molar-refractivity contribution in [3.05, 3.63) is 0 Å². The maximum absolute atomic E-state index is 12.0. The zero-order valence-corrected chi connectivity index (χ0v) is 13.0. The summed E-state index contributed by atoms with van der Waals surface area (Å²) in [6.07, 6.45) is 3.63. The van der Waals surface area contributed by atoms with Crippen molar-refractivity contribution < 1.29 is 19.7 Å². The van der Waals surface area contributed by atoms with Gasteiger partial charge in [-0.1, -0.05) is 12.8 Å². The van der Waals surface area contributed by atoms with Crippen LogP contribution in [0.1, 0.15) is 52.9 Å². The fourth-order valence-electron chi connectivity index (χ4n) is 2.49. The first-order valence-electron chi connectivity index (χ1n) is 7.60. The van der Waals surface area contributed by atoms with E-state index in [-0.39, 0.29) is 24.7 Å². The van der Waals surface area contributed by atoms with Gasteiger partial charge in [-0.25, -0.2) is 4.79 Å². The number of aliphatic hydroxyl groups excluding tert-OH is 2. The van der Waals surface area contributed by atoms with Gasteiger partial charge in [0.2, 0.25) is 0 Å². The summed E-state index contributed by atoms with van der Waals surface area (Å²) in [6.45, 7) is 6.91. The average molecular weight is 287 g/mol. The molecule has 1 amide bonds. The van der Waals surface area contributed by atoms with E-state index < -0.39 is 5.60 Å². The largest absolute Gasteiger partial charge is 0.444 e. The van der Waals surface area contributed by atoms with Crippen LogP contribution in [0.15, 0.2) is 0 Å². The van der Waals surface area contributed by atoms with Crippen LogP contribution < -0.4 is 0 Å². The number of piperidine rings is 1. The summed E-state index contributed by atoms with van der Waals surface area (Å²) in [6, 6.07) is 0. The second kappa shape index (κ2) is 7.84. The second-order valence-electron chi connectivity index (χ2n) is 6.62. The molecule has 0 aromatic rings. The molecule has 0 aromatic heterocycles. The fraction of sp³-hybridized carbons (Fsp3) is 0.933. The van der Waals surface area contributed by atoms with Crippen LogP contribution in [-0.2, 0) is 4.74 Å². The molecule has 2 atom stereocenters. The first kappa shape index (κ1) is 17.2. The van der Waals surface area contributed by atoms with E-state index in [1.165, 1.54) is 0 Å². The van der Waals surface area contributed by atoms with Crippen molar-refractivity contribution in [1.82, 2.24) is 4.90 Å². The molecule has 0 saturated carbocycles. The number of carbonyl (C=O) groups is 1. The highest BCUT2D eigenvalue weighted by Crippen LogP contribution is 2.24. The van der Waals surface area contributed by atoms with Gasteiger partial charge in [0.15, 0.2) is 0 Å². The number of amides is 1. The van der Waals surface area contributed by atoms with Gasteiger partial charge in [-0.15, -0.1) is 0 Å². The molecule has 5 heteroatoms. The van der Waals surface area contributed by atoms with Crippen molar-refractivity contribution >= 4 is 6.09 Å². The monoisotopic (exact) mass is 287 g/mol. The third-order valence-corrected chi connectivity index (χ3v) is 3.58. The van der Waals surface area contributed by atoms with Crippen LogP contribution in [0, 0.1) is 5.92 Å². The fourth-order valence-corrected chi connectivity index (χ4v) is 2.49. The predicted molar refractivity (Wildman–Crippen MR) is 77.5 cm³/mol. The number of ether oxygens (including phenoxy) is 1. The van der Waals surface area contributed by atoms with E-state index in [4.69, 9.17) is 9.84 Å². The molecular weight excluding hydrogens is 258 g/mol. The Morgan fingerprint density at radius 1 is 1.30 bits per heavy atom. The lowest BCUT2D eigenvalue weighted by atomic mass is 9.90. The summed E-state index contributed by atoms with van der Waals surface area (Å²) in [5.74, 6) is 0.120. The van der Waals surface area contributed by atoms with E-state index in [1.54, 1.807) is 4.90 Å². The minimum absolute atomic E-state index is 0.120. The number of aliphatic hydroxyl groups is 2. The van der Waals surface area contributed by atoms with Crippen molar-refractivity contribution in [2.24, 2.45) is 5.92 Å². The molecule has 1 rings (SSSR count). The van der Waals surface area contributed by atoms with Gasteiger partial charge in [-0.05, 0) is 40.0 Å². The van der Waals surface area contributed by atoms with E-state index in [0.717, 1.165) is 25.7 Å². The normalized spacial score (nSPS) is 23.8. The van der Waals surface area contributed by atoms with Crippen molar-refractivity contribution in [2.75, 3.05) is 19.7 Å². The molecule has 0 spiro atoms. The molecule has 5 nitrogen and oxygen atoms in total. The van der Waals surface area contributed by atoms with Gasteiger partial charge in [0.05, 0.1) is 6.10 Å². The van der Waals surface area contributed by atoms with Gasteiger partial charge in [-0.2, -0.15) is 0 Å². The summed E-state index contributed by atoms with van der Waals surface area (Å²) < 4.78 is 5.38. The van der Waals surface area contributed by atoms with Gasteiger partial charge < -0.3 is 19.8 Å². The molecule has 1 fully saturated rings. The van der Waals surface area contributed by atoms with Crippen LogP contribution in [0.5, 0.6) is 0 Å². The standard InChI is InChI=1S/C15H29NO4/c1-15(2,3)20-14(19)16-9-8-13(18)12(11-16)7-5-4-6-10-17/h12-13,17-18H,4-11H2,1-3H3. The lowest BCUT2D eigenvalue weighted by molar-refractivity contribution is -0.0104. The third-order valence-electron chi connectivity index (χ3n) is 3.58. The lowest BCUT2D eigenvalue weighted by Gasteiger charge is -2.37. The maximum atomic E-state index is 12.0. The quantitative estimate of drug-likeness (QED) is 0.760. The Labute approximate surface area is 121 Å². The Hall–Kier alpha value is -0.810. The maximum Gasteiger partial charge on any atom is 0.410 e. The molecule has 2 unspecified atom stereocenters. The molecular formula is C15H29NO4. The van der Waals surface area contributed by atoms with E-state index in [0.29, 0.717) is 19.5 Å². The van der Waals surface area contributed by atoms with E-state index >= 15 is 0 Å². The number of nitrogens with zero attached hydrogens (tertiary/aromatic N) is 1. The van der Waals surface area contributed by atoms with Crippen LogP contribution in [0.3, 0.4) is 0 Å². The van der Waals surface area contributed by atoms with Crippen LogP contribution in [0.4, 0.5) is 4.79 Å². The van der Waals surface area contributed by atoms with Crippen molar-refractivity contribution in [3.8, 4) is 0 Å². The first-order valence-corrected chi connectivity index (χ1v) is 7.60. The molecule has 20 heavy (non-hydrogen) atoms. The Morgan fingerprint density at radius 3 is 2.60 bits per heavy atom. The predicted octanol–water partition coefficient (Wildman–Crippen LogP) is 2.16. The Kier molecular flexibility index (Phi) is 6.76. The smallest absolute Gasteiger partial charge is 0.410 e. The first-order chi connectivity index (χ1) is 9.33. The number of likely N-dealkylation sites (tertiary alicyclic amines) is 1. The van der Waals surface area contributed by atoms with Gasteiger partial charge in [0.1, 0.15) is 5.60 Å². The molecule has 1 saturated heterocycles. The topological polar surface area (TPSA) is 70.0 Å². The van der Waals surface area contributed by atoms with Crippen LogP contribution in [0.25, 0.3) is 0 Å². The molecule has 2 N–H and O–H groups in total. The molecule has 118 valence electrons. The van der Waals surface area contributed by atoms with Gasteiger partial charge >= 0.3 is 6.09 Å². The lowest BCUT2D eigenvalue weighted by Crippen LogP contribution is -2.47. The van der Waals surface area contributed by atoms with Crippen molar-refractivity contribution in [1.29, 1.82) is 0 Å². The zero-order valence-electron chi connectivity index (χ0n) is 13.0. The van der Waals surface area contributed by atoms with E-state index in [1.807, 2.05) is 20.8 Å². The zero-order chi connectivity index (χ0) is 15.2. The third kappa shape index (κ3) is 6.09. The van der Waals surface area contributed by atoms with Gasteiger partial charge in [0, 0.05) is 25.6 Å². The van der Waals surface area contributed by atoms with E-state index in [2.05, 4.69) is 0 Å². The molecule has 1 aliphatic heterocycles. The molecule has 0 aromatic carbocycles.